The van der Waals surface area contributed by atoms with Crippen LogP contribution in [0.4, 0.5) is 5.69 Å². The molecule has 0 fully saturated rings. The number of rotatable bonds is 3. The van der Waals surface area contributed by atoms with Crippen LogP contribution in [0.5, 0.6) is 0 Å². The van der Waals surface area contributed by atoms with Gasteiger partial charge in [0.2, 0.25) is 5.78 Å². The van der Waals surface area contributed by atoms with Crippen LogP contribution in [0.25, 0.3) is 0 Å². The maximum Gasteiger partial charge on any atom is 0.298 e. The predicted molar refractivity (Wildman–Crippen MR) is 44.3 cm³/mol. The van der Waals surface area contributed by atoms with Gasteiger partial charge < -0.3 is 5.73 Å². The van der Waals surface area contributed by atoms with Gasteiger partial charge in [-0.05, 0) is 6.07 Å². The summed E-state index contributed by atoms with van der Waals surface area (Å²) in [7, 11) is 0. The van der Waals surface area contributed by atoms with Crippen molar-refractivity contribution in [2.75, 3.05) is 6.54 Å². The Bertz CT molecular complexity index is 351. The number of hydrogen-bond donors (Lipinski definition) is 1. The third-order valence-electron chi connectivity index (χ3n) is 1.43. The van der Waals surface area contributed by atoms with Crippen molar-refractivity contribution < 1.29 is 9.72 Å². The van der Waals surface area contributed by atoms with E-state index in [4.69, 9.17) is 5.73 Å². The number of nitrogens with two attached hydrogens (primary N) is 1. The molecule has 1 aromatic rings. The fourth-order valence-electron chi connectivity index (χ4n) is 0.856. The van der Waals surface area contributed by atoms with Crippen LogP contribution in [0, 0.1) is 10.1 Å². The molecular formula is C7H7N3O3. The van der Waals surface area contributed by atoms with E-state index in [1.807, 2.05) is 0 Å². The number of carbonyl (C=O) groups excluding carboxylic acids is 1. The Kier molecular flexibility index (Phi) is 2.65. The lowest BCUT2D eigenvalue weighted by atomic mass is 10.2. The van der Waals surface area contributed by atoms with E-state index in [0.717, 1.165) is 0 Å². The van der Waals surface area contributed by atoms with Crippen LogP contribution < -0.4 is 5.73 Å². The van der Waals surface area contributed by atoms with E-state index in [0.29, 0.717) is 0 Å². The van der Waals surface area contributed by atoms with E-state index >= 15 is 0 Å². The first-order valence-electron chi connectivity index (χ1n) is 3.49. The molecule has 0 amide bonds. The summed E-state index contributed by atoms with van der Waals surface area (Å²) in [5, 5.41) is 10.4. The summed E-state index contributed by atoms with van der Waals surface area (Å²) in [6.07, 6.45) is 1.32. The smallest absolute Gasteiger partial charge is 0.298 e. The number of hydrogen-bond acceptors (Lipinski definition) is 5. The Labute approximate surface area is 73.5 Å². The molecule has 0 aliphatic rings. The van der Waals surface area contributed by atoms with Gasteiger partial charge in [0.1, 0.15) is 0 Å². The second-order valence-corrected chi connectivity index (χ2v) is 2.26. The van der Waals surface area contributed by atoms with Crippen LogP contribution in [0.2, 0.25) is 0 Å². The Morgan fingerprint density at radius 1 is 1.69 bits per heavy atom. The van der Waals surface area contributed by atoms with Crippen molar-refractivity contribution in [3.63, 3.8) is 0 Å². The first kappa shape index (κ1) is 9.27. The number of ketones is 1. The third kappa shape index (κ3) is 1.85. The fraction of sp³-hybridized carbons (Fsp3) is 0.143. The van der Waals surface area contributed by atoms with Gasteiger partial charge in [-0.15, -0.1) is 0 Å². The maximum atomic E-state index is 11.0. The molecule has 0 radical (unpaired) electrons. The van der Waals surface area contributed by atoms with E-state index in [-0.39, 0.29) is 17.9 Å². The maximum absolute atomic E-state index is 11.0. The zero-order valence-electron chi connectivity index (χ0n) is 6.64. The summed E-state index contributed by atoms with van der Waals surface area (Å²) in [4.78, 5) is 24.4. The minimum atomic E-state index is -0.657. The van der Waals surface area contributed by atoms with Crippen LogP contribution in [0.1, 0.15) is 10.5 Å². The molecule has 6 heteroatoms. The van der Waals surface area contributed by atoms with Crippen molar-refractivity contribution in [2.24, 2.45) is 5.73 Å². The molecule has 0 aromatic carbocycles. The molecule has 0 spiro atoms. The summed E-state index contributed by atoms with van der Waals surface area (Å²) < 4.78 is 0. The van der Waals surface area contributed by atoms with E-state index in [1.165, 1.54) is 18.3 Å². The van der Waals surface area contributed by atoms with Gasteiger partial charge in [0, 0.05) is 12.3 Å². The number of aromatic nitrogens is 1. The van der Waals surface area contributed by atoms with E-state index in [9.17, 15) is 14.9 Å². The number of nitrogens with zero attached hydrogens (tertiary/aromatic N) is 2. The average Bonchev–Trinajstić information content (AvgIpc) is 2.16. The standard InChI is InChI=1S/C7H7N3O3/c8-4-6(11)7-5(10(12)13)2-1-3-9-7/h1-3H,4,8H2. The van der Waals surface area contributed by atoms with Crippen LogP contribution in [-0.4, -0.2) is 22.2 Å². The number of pyridine rings is 1. The monoisotopic (exact) mass is 181 g/mol. The first-order valence-corrected chi connectivity index (χ1v) is 3.49. The van der Waals surface area contributed by atoms with E-state index in [1.54, 1.807) is 0 Å². The summed E-state index contributed by atoms with van der Waals surface area (Å²) >= 11 is 0. The summed E-state index contributed by atoms with van der Waals surface area (Å²) in [6, 6.07) is 2.61. The second kappa shape index (κ2) is 3.72. The van der Waals surface area contributed by atoms with Crippen molar-refractivity contribution in [2.45, 2.75) is 0 Å². The largest absolute Gasteiger partial charge is 0.324 e. The summed E-state index contributed by atoms with van der Waals surface area (Å²) in [6.45, 7) is -0.280. The predicted octanol–water partition coefficient (Wildman–Crippen LogP) is 0.131. The van der Waals surface area contributed by atoms with Gasteiger partial charge in [0.25, 0.3) is 5.69 Å². The lowest BCUT2D eigenvalue weighted by molar-refractivity contribution is -0.385. The van der Waals surface area contributed by atoms with E-state index in [2.05, 4.69) is 4.98 Å². The molecule has 0 atom stereocenters. The molecule has 0 saturated heterocycles. The SMILES string of the molecule is NCC(=O)c1ncccc1[N+](=O)[O-]. The molecule has 1 aromatic heterocycles. The molecule has 13 heavy (non-hydrogen) atoms. The lowest BCUT2D eigenvalue weighted by Crippen LogP contribution is -2.16. The molecule has 0 saturated carbocycles. The molecule has 0 aliphatic carbocycles. The number of nitro groups is 1. The zero-order chi connectivity index (χ0) is 9.84. The topological polar surface area (TPSA) is 99.1 Å². The minimum absolute atomic E-state index is 0.185. The molecule has 6 nitrogen and oxygen atoms in total. The van der Waals surface area contributed by atoms with Gasteiger partial charge in [0.15, 0.2) is 5.69 Å². The van der Waals surface area contributed by atoms with Crippen LogP contribution in [0.15, 0.2) is 18.3 Å². The fourth-order valence-corrected chi connectivity index (χ4v) is 0.856. The molecule has 0 bridgehead atoms. The Balaban J connectivity index is 3.19. The second-order valence-electron chi connectivity index (χ2n) is 2.26. The lowest BCUT2D eigenvalue weighted by Gasteiger charge is -1.97. The minimum Gasteiger partial charge on any atom is -0.324 e. The highest BCUT2D eigenvalue weighted by Crippen LogP contribution is 2.14. The zero-order valence-corrected chi connectivity index (χ0v) is 6.64. The number of carbonyl (C=O) groups is 1. The Hall–Kier alpha value is -1.82. The van der Waals surface area contributed by atoms with Crippen LogP contribution in [-0.2, 0) is 0 Å². The summed E-state index contributed by atoms with van der Waals surface area (Å²) in [5.41, 5.74) is 4.57. The van der Waals surface area contributed by atoms with Gasteiger partial charge in [-0.3, -0.25) is 14.9 Å². The van der Waals surface area contributed by atoms with E-state index < -0.39 is 10.7 Å². The van der Waals surface area contributed by atoms with Gasteiger partial charge in [-0.2, -0.15) is 0 Å². The normalized spacial score (nSPS) is 9.62. The molecule has 1 heterocycles. The third-order valence-corrected chi connectivity index (χ3v) is 1.43. The molecule has 1 rings (SSSR count). The van der Waals surface area contributed by atoms with Crippen LogP contribution >= 0.6 is 0 Å². The molecular weight excluding hydrogens is 174 g/mol. The Morgan fingerprint density at radius 2 is 2.38 bits per heavy atom. The molecule has 0 aliphatic heterocycles. The van der Waals surface area contributed by atoms with Gasteiger partial charge in [-0.25, -0.2) is 4.98 Å². The van der Waals surface area contributed by atoms with Crippen LogP contribution in [0.3, 0.4) is 0 Å². The van der Waals surface area contributed by atoms with Crippen molar-refractivity contribution in [1.29, 1.82) is 0 Å². The van der Waals surface area contributed by atoms with Gasteiger partial charge in [-0.1, -0.05) is 0 Å². The highest BCUT2D eigenvalue weighted by Gasteiger charge is 2.19. The van der Waals surface area contributed by atoms with Crippen molar-refractivity contribution >= 4 is 11.5 Å². The van der Waals surface area contributed by atoms with Crippen molar-refractivity contribution in [3.05, 3.63) is 34.1 Å². The molecule has 68 valence electrons. The van der Waals surface area contributed by atoms with Gasteiger partial charge in [0.05, 0.1) is 11.5 Å². The van der Waals surface area contributed by atoms with Gasteiger partial charge >= 0.3 is 0 Å². The average molecular weight is 181 g/mol. The molecule has 0 unspecified atom stereocenters. The van der Waals surface area contributed by atoms with Crippen molar-refractivity contribution in [1.82, 2.24) is 4.98 Å². The summed E-state index contributed by atoms with van der Waals surface area (Å²) in [5.74, 6) is -0.535. The van der Waals surface area contributed by atoms with Crippen molar-refractivity contribution in [3.8, 4) is 0 Å². The highest BCUT2D eigenvalue weighted by atomic mass is 16.6. The number of Topliss-reactive ketones (excluding diaryl/α,β-unsaturated/α-hetero) is 1. The highest BCUT2D eigenvalue weighted by molar-refractivity contribution is 5.99. The quantitative estimate of drug-likeness (QED) is 0.406. The Morgan fingerprint density at radius 3 is 2.92 bits per heavy atom. The first-order chi connectivity index (χ1) is 6.16. The molecule has 2 N–H and O–H groups in total.